The summed E-state index contributed by atoms with van der Waals surface area (Å²) >= 11 is 5.17. The van der Waals surface area contributed by atoms with Gasteiger partial charge in [0.15, 0.2) is 5.69 Å². The van der Waals surface area contributed by atoms with Crippen LogP contribution in [0.1, 0.15) is 20.4 Å². The van der Waals surface area contributed by atoms with Crippen molar-refractivity contribution in [2.45, 2.75) is 16.8 Å². The van der Waals surface area contributed by atoms with Crippen molar-refractivity contribution in [3.05, 3.63) is 44.3 Å². The molecule has 0 saturated carbocycles. The number of aromatic carboxylic acids is 1. The standard InChI is InChI=1S/C12H7BrF3NO2S2/c13-6-3-1-2-4-7(6)20-5-8-17-10(12(14,15)16)9(21-8)11(18)19/h1-4H,5H2,(H,18,19). The summed E-state index contributed by atoms with van der Waals surface area (Å²) < 4.78 is 39.0. The molecule has 0 saturated heterocycles. The molecule has 1 N–H and O–H groups in total. The maximum absolute atomic E-state index is 12.7. The molecule has 1 heterocycles. The Kier molecular flexibility index (Phi) is 4.95. The predicted molar refractivity (Wildman–Crippen MR) is 77.8 cm³/mol. The van der Waals surface area contributed by atoms with E-state index in [-0.39, 0.29) is 10.8 Å². The zero-order valence-electron chi connectivity index (χ0n) is 10.1. The number of thioether (sulfide) groups is 1. The van der Waals surface area contributed by atoms with E-state index in [9.17, 15) is 18.0 Å². The first-order chi connectivity index (χ1) is 9.79. The van der Waals surface area contributed by atoms with Crippen molar-refractivity contribution in [3.8, 4) is 0 Å². The Morgan fingerprint density at radius 1 is 1.38 bits per heavy atom. The molecular formula is C12H7BrF3NO2S2. The van der Waals surface area contributed by atoms with Crippen molar-refractivity contribution in [1.82, 2.24) is 4.98 Å². The minimum absolute atomic E-state index is 0.125. The second kappa shape index (κ2) is 6.37. The molecule has 0 aliphatic heterocycles. The van der Waals surface area contributed by atoms with Crippen LogP contribution in [0, 0.1) is 0 Å². The van der Waals surface area contributed by atoms with Gasteiger partial charge in [0.25, 0.3) is 0 Å². The van der Waals surface area contributed by atoms with Crippen LogP contribution in [0.2, 0.25) is 0 Å². The van der Waals surface area contributed by atoms with Crippen LogP contribution < -0.4 is 0 Å². The molecule has 1 aromatic heterocycles. The molecule has 0 fully saturated rings. The molecule has 0 radical (unpaired) electrons. The van der Waals surface area contributed by atoms with Gasteiger partial charge < -0.3 is 5.11 Å². The highest BCUT2D eigenvalue weighted by Gasteiger charge is 2.39. The summed E-state index contributed by atoms with van der Waals surface area (Å²) in [4.78, 5) is 14.4. The highest BCUT2D eigenvalue weighted by molar-refractivity contribution is 9.10. The molecule has 0 aliphatic carbocycles. The molecule has 21 heavy (non-hydrogen) atoms. The van der Waals surface area contributed by atoms with Gasteiger partial charge in [0.2, 0.25) is 0 Å². The lowest BCUT2D eigenvalue weighted by atomic mass is 10.3. The SMILES string of the molecule is O=C(O)c1sc(CSc2ccccc2Br)nc1C(F)(F)F. The third-order valence-corrected chi connectivity index (χ3v) is 5.59. The first-order valence-corrected chi connectivity index (χ1v) is 8.06. The van der Waals surface area contributed by atoms with E-state index in [1.54, 1.807) is 6.07 Å². The molecule has 0 atom stereocenters. The Hall–Kier alpha value is -1.06. The quantitative estimate of drug-likeness (QED) is 0.744. The highest BCUT2D eigenvalue weighted by atomic mass is 79.9. The van der Waals surface area contributed by atoms with Gasteiger partial charge in [-0.15, -0.1) is 23.1 Å². The largest absolute Gasteiger partial charge is 0.477 e. The summed E-state index contributed by atoms with van der Waals surface area (Å²) in [5.74, 6) is -1.44. The third kappa shape index (κ3) is 3.98. The molecule has 3 nitrogen and oxygen atoms in total. The smallest absolute Gasteiger partial charge is 0.435 e. The lowest BCUT2D eigenvalue weighted by Crippen LogP contribution is -2.11. The zero-order chi connectivity index (χ0) is 15.6. The number of alkyl halides is 3. The van der Waals surface area contributed by atoms with E-state index < -0.39 is 22.7 Å². The summed E-state index contributed by atoms with van der Waals surface area (Å²) in [6.45, 7) is 0. The average molecular weight is 398 g/mol. The molecule has 0 unspecified atom stereocenters. The number of aromatic nitrogens is 1. The number of carbonyl (C=O) groups is 1. The number of carboxylic acids is 1. The molecule has 0 bridgehead atoms. The van der Waals surface area contributed by atoms with Gasteiger partial charge in [-0.2, -0.15) is 13.2 Å². The van der Waals surface area contributed by atoms with Crippen LogP contribution in [-0.2, 0) is 11.9 Å². The van der Waals surface area contributed by atoms with Gasteiger partial charge in [-0.05, 0) is 28.1 Å². The molecule has 2 rings (SSSR count). The zero-order valence-corrected chi connectivity index (χ0v) is 13.4. The second-order valence-corrected chi connectivity index (χ2v) is 6.76. The number of halogens is 4. The first kappa shape index (κ1) is 16.3. The molecular weight excluding hydrogens is 391 g/mol. The number of rotatable bonds is 4. The van der Waals surface area contributed by atoms with E-state index in [0.29, 0.717) is 11.3 Å². The van der Waals surface area contributed by atoms with Crippen molar-refractivity contribution in [1.29, 1.82) is 0 Å². The van der Waals surface area contributed by atoms with Crippen LogP contribution in [0.5, 0.6) is 0 Å². The number of thiazole rings is 1. The number of nitrogens with zero attached hydrogens (tertiary/aromatic N) is 1. The number of benzene rings is 1. The van der Waals surface area contributed by atoms with Crippen molar-refractivity contribution in [2.24, 2.45) is 0 Å². The Bertz CT molecular complexity index is 673. The molecule has 112 valence electrons. The van der Waals surface area contributed by atoms with E-state index >= 15 is 0 Å². The van der Waals surface area contributed by atoms with E-state index in [1.165, 1.54) is 11.8 Å². The van der Waals surface area contributed by atoms with E-state index in [1.807, 2.05) is 18.2 Å². The first-order valence-electron chi connectivity index (χ1n) is 5.46. The van der Waals surface area contributed by atoms with Gasteiger partial charge in [-0.3, -0.25) is 0 Å². The van der Waals surface area contributed by atoms with Crippen LogP contribution in [-0.4, -0.2) is 16.1 Å². The summed E-state index contributed by atoms with van der Waals surface area (Å²) in [5, 5.41) is 8.95. The fraction of sp³-hybridized carbons (Fsp3) is 0.167. The maximum atomic E-state index is 12.7. The van der Waals surface area contributed by atoms with Crippen molar-refractivity contribution in [3.63, 3.8) is 0 Å². The van der Waals surface area contributed by atoms with Crippen molar-refractivity contribution in [2.75, 3.05) is 0 Å². The summed E-state index contributed by atoms with van der Waals surface area (Å²) in [7, 11) is 0. The molecule has 0 aliphatic rings. The molecule has 2 aromatic rings. The Labute approximate surface area is 134 Å². The Balaban J connectivity index is 2.22. The Morgan fingerprint density at radius 2 is 2.05 bits per heavy atom. The number of hydrogen-bond donors (Lipinski definition) is 1. The van der Waals surface area contributed by atoms with Gasteiger partial charge in [-0.25, -0.2) is 9.78 Å². The molecule has 9 heteroatoms. The lowest BCUT2D eigenvalue weighted by molar-refractivity contribution is -0.141. The fourth-order valence-electron chi connectivity index (χ4n) is 1.46. The highest BCUT2D eigenvalue weighted by Crippen LogP contribution is 2.37. The van der Waals surface area contributed by atoms with Gasteiger partial charge in [0.05, 0.1) is 5.75 Å². The van der Waals surface area contributed by atoms with Crippen LogP contribution in [0.25, 0.3) is 0 Å². The van der Waals surface area contributed by atoms with Crippen molar-refractivity contribution >= 4 is 45.0 Å². The molecule has 0 spiro atoms. The molecule has 1 aromatic carbocycles. The average Bonchev–Trinajstić information content (AvgIpc) is 2.82. The topological polar surface area (TPSA) is 50.2 Å². The minimum atomic E-state index is -4.76. The van der Waals surface area contributed by atoms with Crippen LogP contribution in [0.3, 0.4) is 0 Å². The van der Waals surface area contributed by atoms with Crippen LogP contribution >= 0.6 is 39.0 Å². The number of carboxylic acid groups (broad SMARTS) is 1. The van der Waals surface area contributed by atoms with E-state index in [0.717, 1.165) is 9.37 Å². The second-order valence-electron chi connectivity index (χ2n) is 3.81. The molecule has 0 amide bonds. The van der Waals surface area contributed by atoms with Crippen LogP contribution in [0.4, 0.5) is 13.2 Å². The predicted octanol–water partition coefficient (Wildman–Crippen LogP) is 4.91. The monoisotopic (exact) mass is 397 g/mol. The normalized spacial score (nSPS) is 11.6. The van der Waals surface area contributed by atoms with E-state index in [4.69, 9.17) is 5.11 Å². The number of hydrogen-bond acceptors (Lipinski definition) is 4. The van der Waals surface area contributed by atoms with Gasteiger partial charge >= 0.3 is 12.1 Å². The van der Waals surface area contributed by atoms with Gasteiger partial charge in [0.1, 0.15) is 9.88 Å². The Morgan fingerprint density at radius 3 is 2.57 bits per heavy atom. The summed E-state index contributed by atoms with van der Waals surface area (Å²) in [6.07, 6.45) is -4.76. The van der Waals surface area contributed by atoms with Crippen LogP contribution in [0.15, 0.2) is 33.6 Å². The third-order valence-electron chi connectivity index (χ3n) is 2.32. The van der Waals surface area contributed by atoms with E-state index in [2.05, 4.69) is 20.9 Å². The van der Waals surface area contributed by atoms with Gasteiger partial charge in [0, 0.05) is 9.37 Å². The van der Waals surface area contributed by atoms with Crippen molar-refractivity contribution < 1.29 is 23.1 Å². The maximum Gasteiger partial charge on any atom is 0.435 e. The fourth-order valence-corrected chi connectivity index (χ4v) is 3.95. The summed E-state index contributed by atoms with van der Waals surface area (Å²) in [5.41, 5.74) is -1.33. The lowest BCUT2D eigenvalue weighted by Gasteiger charge is -2.03. The minimum Gasteiger partial charge on any atom is -0.477 e. The summed E-state index contributed by atoms with van der Waals surface area (Å²) in [6, 6.07) is 7.25. The van der Waals surface area contributed by atoms with Gasteiger partial charge in [-0.1, -0.05) is 12.1 Å².